The molecule has 2 aliphatic rings. The summed E-state index contributed by atoms with van der Waals surface area (Å²) in [5, 5.41) is 4.96. The van der Waals surface area contributed by atoms with E-state index < -0.39 is 0 Å². The molecule has 0 heterocycles. The van der Waals surface area contributed by atoms with Crippen LogP contribution in [0.15, 0.2) is 188 Å². The lowest BCUT2D eigenvalue weighted by atomic mass is 9.82. The molecule has 0 radical (unpaired) electrons. The monoisotopic (exact) mass is 729 g/mol. The SMILES string of the molecule is CC1(C)c2ccccc2-c2ccc(N(c3ccc4c(c3)C(C)(C)c3ccccc3-4)c3cccc(-c4cccc5ccccc45)c3-c3cccc4ccccc34)cc21. The summed E-state index contributed by atoms with van der Waals surface area (Å²) in [6.07, 6.45) is 0. The van der Waals surface area contributed by atoms with Crippen molar-refractivity contribution in [1.29, 1.82) is 0 Å². The lowest BCUT2D eigenvalue weighted by Crippen LogP contribution is -2.18. The Kier molecular flexibility index (Phi) is 7.32. The third-order valence-corrected chi connectivity index (χ3v) is 13.1. The van der Waals surface area contributed by atoms with Crippen LogP contribution >= 0.6 is 0 Å². The molecule has 11 rings (SSSR count). The maximum atomic E-state index is 2.55. The van der Waals surface area contributed by atoms with Gasteiger partial charge in [0.05, 0.1) is 5.69 Å². The van der Waals surface area contributed by atoms with Gasteiger partial charge in [-0.1, -0.05) is 185 Å². The predicted molar refractivity (Wildman–Crippen MR) is 242 cm³/mol. The van der Waals surface area contributed by atoms with E-state index in [1.807, 2.05) is 0 Å². The molecule has 0 saturated heterocycles. The van der Waals surface area contributed by atoms with Crippen LogP contribution in [-0.4, -0.2) is 0 Å². The second kappa shape index (κ2) is 12.4. The molecule has 57 heavy (non-hydrogen) atoms. The number of hydrogen-bond acceptors (Lipinski definition) is 1. The number of nitrogens with zero attached hydrogens (tertiary/aromatic N) is 1. The highest BCUT2D eigenvalue weighted by molar-refractivity contribution is 6.09. The van der Waals surface area contributed by atoms with Crippen LogP contribution in [0.2, 0.25) is 0 Å². The maximum Gasteiger partial charge on any atom is 0.0546 e. The summed E-state index contributed by atoms with van der Waals surface area (Å²) in [4.78, 5) is 2.55. The second-order valence-electron chi connectivity index (χ2n) is 16.9. The lowest BCUT2D eigenvalue weighted by Gasteiger charge is -2.32. The van der Waals surface area contributed by atoms with E-state index in [1.165, 1.54) is 88.3 Å². The van der Waals surface area contributed by atoms with Crippen molar-refractivity contribution in [3.63, 3.8) is 0 Å². The highest BCUT2D eigenvalue weighted by Gasteiger charge is 2.38. The Hall–Kier alpha value is -6.70. The fourth-order valence-electron chi connectivity index (χ4n) is 10.2. The van der Waals surface area contributed by atoms with E-state index in [-0.39, 0.29) is 10.8 Å². The highest BCUT2D eigenvalue weighted by Crippen LogP contribution is 2.55. The van der Waals surface area contributed by atoms with Crippen molar-refractivity contribution >= 4 is 38.6 Å². The fourth-order valence-corrected chi connectivity index (χ4v) is 10.2. The Balaban J connectivity index is 1.23. The van der Waals surface area contributed by atoms with E-state index in [4.69, 9.17) is 0 Å². The van der Waals surface area contributed by atoms with Crippen LogP contribution in [0.3, 0.4) is 0 Å². The summed E-state index contributed by atoms with van der Waals surface area (Å²) in [6.45, 7) is 9.51. The van der Waals surface area contributed by atoms with E-state index in [2.05, 4.69) is 221 Å². The number of benzene rings is 9. The van der Waals surface area contributed by atoms with Crippen LogP contribution in [0.1, 0.15) is 49.9 Å². The van der Waals surface area contributed by atoms with Crippen molar-refractivity contribution in [3.8, 4) is 44.5 Å². The van der Waals surface area contributed by atoms with Gasteiger partial charge in [-0.2, -0.15) is 0 Å². The minimum absolute atomic E-state index is 0.140. The van der Waals surface area contributed by atoms with Gasteiger partial charge in [-0.05, 0) is 113 Å². The smallest absolute Gasteiger partial charge is 0.0546 e. The minimum atomic E-state index is -0.140. The predicted octanol–water partition coefficient (Wildman–Crippen LogP) is 15.4. The zero-order valence-electron chi connectivity index (χ0n) is 32.8. The number of fused-ring (bicyclic) bond motifs is 8. The summed E-state index contributed by atoms with van der Waals surface area (Å²) < 4.78 is 0. The normalized spacial score (nSPS) is 14.2. The van der Waals surface area contributed by atoms with Gasteiger partial charge in [0.1, 0.15) is 0 Å². The van der Waals surface area contributed by atoms with E-state index in [0.717, 1.165) is 17.1 Å². The van der Waals surface area contributed by atoms with Crippen molar-refractivity contribution in [2.24, 2.45) is 0 Å². The average molecular weight is 730 g/mol. The summed E-state index contributed by atoms with van der Waals surface area (Å²) in [6, 6.07) is 70.3. The Bertz CT molecular complexity index is 2970. The van der Waals surface area contributed by atoms with Crippen molar-refractivity contribution in [3.05, 3.63) is 210 Å². The second-order valence-corrected chi connectivity index (χ2v) is 16.9. The Morgan fingerprint density at radius 1 is 0.316 bits per heavy atom. The lowest BCUT2D eigenvalue weighted by molar-refractivity contribution is 0.660. The molecule has 0 unspecified atom stereocenters. The molecule has 0 spiro atoms. The van der Waals surface area contributed by atoms with Crippen molar-refractivity contribution in [2.75, 3.05) is 4.90 Å². The molecule has 0 atom stereocenters. The number of rotatable bonds is 5. The largest absolute Gasteiger partial charge is 0.310 e. The third-order valence-electron chi connectivity index (χ3n) is 13.1. The van der Waals surface area contributed by atoms with Crippen molar-refractivity contribution in [1.82, 2.24) is 0 Å². The topological polar surface area (TPSA) is 3.24 Å². The Labute approximate surface area is 335 Å². The first-order valence-corrected chi connectivity index (χ1v) is 20.2. The molecule has 0 N–H and O–H groups in total. The quantitative estimate of drug-likeness (QED) is 0.170. The summed E-state index contributed by atoms with van der Waals surface area (Å²) in [5.74, 6) is 0. The van der Waals surface area contributed by atoms with Gasteiger partial charge in [-0.25, -0.2) is 0 Å². The molecule has 0 fully saturated rings. The highest BCUT2D eigenvalue weighted by atomic mass is 15.1. The standard InChI is InChI=1S/C56H43N/c1-55(2)49-27-11-9-22-43(49)45-32-30-38(34-51(45)55)57(39-31-33-46-44-23-10-12-28-50(44)56(3,4)52(46)35-39)53-29-15-26-48(42-24-13-18-36-16-5-7-20-40(36)42)54(53)47-25-14-19-37-17-6-8-21-41(37)47/h5-35H,1-4H3. The van der Waals surface area contributed by atoms with Crippen LogP contribution < -0.4 is 4.90 Å². The van der Waals surface area contributed by atoms with Gasteiger partial charge in [0.25, 0.3) is 0 Å². The molecule has 9 aromatic rings. The van der Waals surface area contributed by atoms with E-state index in [1.54, 1.807) is 0 Å². The number of anilines is 3. The first-order valence-electron chi connectivity index (χ1n) is 20.2. The van der Waals surface area contributed by atoms with Crippen LogP contribution in [-0.2, 0) is 10.8 Å². The van der Waals surface area contributed by atoms with E-state index in [0.29, 0.717) is 0 Å². The van der Waals surface area contributed by atoms with Gasteiger partial charge in [0.15, 0.2) is 0 Å². The molecule has 1 heteroatoms. The Morgan fingerprint density at radius 3 is 1.30 bits per heavy atom. The molecule has 0 amide bonds. The van der Waals surface area contributed by atoms with Crippen LogP contribution in [0.5, 0.6) is 0 Å². The van der Waals surface area contributed by atoms with Gasteiger partial charge in [0.2, 0.25) is 0 Å². The van der Waals surface area contributed by atoms with Gasteiger partial charge in [-0.3, -0.25) is 0 Å². The van der Waals surface area contributed by atoms with Crippen LogP contribution in [0, 0.1) is 0 Å². The van der Waals surface area contributed by atoms with Crippen molar-refractivity contribution in [2.45, 2.75) is 38.5 Å². The summed E-state index contributed by atoms with van der Waals surface area (Å²) in [7, 11) is 0. The molecule has 0 saturated carbocycles. The van der Waals surface area contributed by atoms with E-state index >= 15 is 0 Å². The molecule has 0 aliphatic heterocycles. The number of hydrogen-bond donors (Lipinski definition) is 0. The van der Waals surface area contributed by atoms with Crippen LogP contribution in [0.25, 0.3) is 66.1 Å². The molecular formula is C56H43N. The van der Waals surface area contributed by atoms with Crippen LogP contribution in [0.4, 0.5) is 17.1 Å². The molecule has 272 valence electrons. The molecule has 1 nitrogen and oxygen atoms in total. The first kappa shape index (κ1) is 33.6. The van der Waals surface area contributed by atoms with Gasteiger partial charge >= 0.3 is 0 Å². The van der Waals surface area contributed by atoms with E-state index in [9.17, 15) is 0 Å². The fraction of sp³-hybridized carbons (Fsp3) is 0.107. The van der Waals surface area contributed by atoms with Gasteiger partial charge in [0, 0.05) is 27.8 Å². The molecule has 2 aliphatic carbocycles. The molecular weight excluding hydrogens is 687 g/mol. The average Bonchev–Trinajstić information content (AvgIpc) is 3.62. The van der Waals surface area contributed by atoms with Crippen molar-refractivity contribution < 1.29 is 0 Å². The maximum absolute atomic E-state index is 2.55. The molecule has 0 aromatic heterocycles. The Morgan fingerprint density at radius 2 is 0.719 bits per heavy atom. The third kappa shape index (κ3) is 4.95. The summed E-state index contributed by atoms with van der Waals surface area (Å²) >= 11 is 0. The zero-order chi connectivity index (χ0) is 38.5. The zero-order valence-corrected chi connectivity index (χ0v) is 32.8. The minimum Gasteiger partial charge on any atom is -0.310 e. The summed E-state index contributed by atoms with van der Waals surface area (Å²) in [5.41, 5.74) is 18.9. The van der Waals surface area contributed by atoms with Gasteiger partial charge < -0.3 is 4.90 Å². The van der Waals surface area contributed by atoms with Gasteiger partial charge in [-0.15, -0.1) is 0 Å². The molecule has 9 aromatic carbocycles. The molecule has 0 bridgehead atoms. The first-order chi connectivity index (χ1) is 27.8.